The van der Waals surface area contributed by atoms with Gasteiger partial charge in [-0.2, -0.15) is 26.3 Å². The molecule has 0 fully saturated rings. The van der Waals surface area contributed by atoms with Gasteiger partial charge in [0.25, 0.3) is 0 Å². The van der Waals surface area contributed by atoms with Crippen LogP contribution in [-0.2, 0) is 25.7 Å². The molecule has 8 nitrogen and oxygen atoms in total. The summed E-state index contributed by atoms with van der Waals surface area (Å²) in [5.74, 6) is -3.40. The van der Waals surface area contributed by atoms with Gasteiger partial charge in [-0.25, -0.2) is 16.8 Å². The third-order valence-corrected chi connectivity index (χ3v) is 5.86. The monoisotopic (exact) mass is 584 g/mol. The van der Waals surface area contributed by atoms with Crippen molar-refractivity contribution in [2.24, 2.45) is 0 Å². The van der Waals surface area contributed by atoms with Crippen molar-refractivity contribution >= 4 is 20.2 Å². The topological polar surface area (TPSA) is 161 Å². The molecular formula is C15H6F6Na4O8S2. The maximum Gasteiger partial charge on any atom is 1.00 e. The Labute approximate surface area is 283 Å². The van der Waals surface area contributed by atoms with Crippen LogP contribution >= 0.6 is 0 Å². The van der Waals surface area contributed by atoms with Gasteiger partial charge in [0, 0.05) is 9.79 Å². The van der Waals surface area contributed by atoms with Gasteiger partial charge in [0.15, 0.2) is 0 Å². The number of alkyl halides is 6. The molecular weight excluding hydrogens is 578 g/mol. The summed E-state index contributed by atoms with van der Waals surface area (Å²) in [6, 6.07) is -1.06. The molecule has 0 saturated heterocycles. The Hall–Kier alpha value is 1.44. The van der Waals surface area contributed by atoms with Crippen molar-refractivity contribution in [1.82, 2.24) is 0 Å². The molecule has 2 aromatic rings. The fourth-order valence-electron chi connectivity index (χ4n) is 2.86. The smallest absolute Gasteiger partial charge is 0.872 e. The Bertz CT molecular complexity index is 1150. The first-order valence-electron chi connectivity index (χ1n) is 7.43. The van der Waals surface area contributed by atoms with Crippen LogP contribution < -0.4 is 128 Å². The van der Waals surface area contributed by atoms with E-state index in [0.717, 1.165) is 0 Å². The molecule has 2 aromatic carbocycles. The average molecular weight is 584 g/mol. The summed E-state index contributed by atoms with van der Waals surface area (Å²) in [5, 5.41) is 23.0. The molecule has 0 aromatic heterocycles. The van der Waals surface area contributed by atoms with E-state index < -0.39 is 82.6 Å². The summed E-state index contributed by atoms with van der Waals surface area (Å²) in [6.07, 6.45) is -12.8. The fourth-order valence-corrected chi connectivity index (χ4v) is 4.03. The molecule has 0 spiro atoms. The minimum absolute atomic E-state index is 0. The van der Waals surface area contributed by atoms with Crippen molar-refractivity contribution < 1.29 is 181 Å². The van der Waals surface area contributed by atoms with Crippen LogP contribution in [0.25, 0.3) is 0 Å². The van der Waals surface area contributed by atoms with Gasteiger partial charge < -0.3 is 19.3 Å². The zero-order valence-corrected chi connectivity index (χ0v) is 27.9. The number of benzene rings is 2. The Morgan fingerprint density at radius 2 is 0.829 bits per heavy atom. The second-order valence-corrected chi connectivity index (χ2v) is 8.67. The summed E-state index contributed by atoms with van der Waals surface area (Å²) in [4.78, 5) is -3.86. The predicted molar refractivity (Wildman–Crippen MR) is 80.6 cm³/mol. The number of halogens is 6. The summed E-state index contributed by atoms with van der Waals surface area (Å²) in [6.45, 7) is 0. The first-order valence-corrected chi connectivity index (χ1v) is 10.2. The van der Waals surface area contributed by atoms with Gasteiger partial charge in [0.2, 0.25) is 5.41 Å². The van der Waals surface area contributed by atoms with Gasteiger partial charge in [0.1, 0.15) is 20.2 Å². The Kier molecular flexibility index (Phi) is 16.0. The van der Waals surface area contributed by atoms with Crippen molar-refractivity contribution in [3.8, 4) is 11.5 Å². The summed E-state index contributed by atoms with van der Waals surface area (Å²) in [7, 11) is -11.6. The van der Waals surface area contributed by atoms with Gasteiger partial charge in [-0.3, -0.25) is 0 Å². The van der Waals surface area contributed by atoms with Crippen LogP contribution in [0.15, 0.2) is 46.2 Å². The molecule has 35 heavy (non-hydrogen) atoms. The van der Waals surface area contributed by atoms with E-state index in [1.807, 2.05) is 0 Å². The minimum atomic E-state index is -6.39. The largest absolute Gasteiger partial charge is 1.00 e. The van der Waals surface area contributed by atoms with E-state index in [1.54, 1.807) is 0 Å². The van der Waals surface area contributed by atoms with E-state index in [-0.39, 0.29) is 142 Å². The van der Waals surface area contributed by atoms with Crippen molar-refractivity contribution in [3.63, 3.8) is 0 Å². The van der Waals surface area contributed by atoms with E-state index >= 15 is 0 Å². The SMILES string of the molecule is O=S(=O)([O-])c1cc(C(c2ccc([O-])c(S(=O)(=O)[O-])c2)(C(F)(F)F)C(F)(F)F)ccc1[O-].[Na+].[Na+].[Na+].[Na+]. The first kappa shape index (κ1) is 40.9. The van der Waals surface area contributed by atoms with E-state index in [1.165, 1.54) is 0 Å². The van der Waals surface area contributed by atoms with Crippen LogP contribution in [-0.4, -0.2) is 38.3 Å². The van der Waals surface area contributed by atoms with Crippen LogP contribution in [0, 0.1) is 0 Å². The van der Waals surface area contributed by atoms with Crippen LogP contribution in [0.5, 0.6) is 11.5 Å². The van der Waals surface area contributed by atoms with Crippen LogP contribution in [0.3, 0.4) is 0 Å². The molecule has 20 heteroatoms. The van der Waals surface area contributed by atoms with Gasteiger partial charge in [-0.1, -0.05) is 35.8 Å². The molecule has 0 aliphatic heterocycles. The van der Waals surface area contributed by atoms with Crippen LogP contribution in [0.1, 0.15) is 11.1 Å². The Morgan fingerprint density at radius 3 is 1.03 bits per heavy atom. The van der Waals surface area contributed by atoms with E-state index in [4.69, 9.17) is 0 Å². The Balaban J connectivity index is -0.00000256. The molecule has 0 aliphatic rings. The zero-order valence-electron chi connectivity index (χ0n) is 18.3. The normalized spacial score (nSPS) is 12.3. The van der Waals surface area contributed by atoms with Crippen molar-refractivity contribution in [2.75, 3.05) is 0 Å². The van der Waals surface area contributed by atoms with Crippen molar-refractivity contribution in [1.29, 1.82) is 0 Å². The molecule has 0 saturated carbocycles. The van der Waals surface area contributed by atoms with E-state index in [9.17, 15) is 62.5 Å². The van der Waals surface area contributed by atoms with E-state index in [0.29, 0.717) is 0 Å². The maximum atomic E-state index is 14.0. The summed E-state index contributed by atoms with van der Waals surface area (Å²) >= 11 is 0. The third-order valence-electron chi connectivity index (χ3n) is 4.14. The molecule has 0 radical (unpaired) electrons. The van der Waals surface area contributed by atoms with Crippen molar-refractivity contribution in [3.05, 3.63) is 47.5 Å². The van der Waals surface area contributed by atoms with E-state index in [2.05, 4.69) is 0 Å². The van der Waals surface area contributed by atoms with Crippen LogP contribution in [0.2, 0.25) is 0 Å². The molecule has 0 N–H and O–H groups in total. The molecule has 0 heterocycles. The predicted octanol–water partition coefficient (Wildman–Crippen LogP) is -10.9. The molecule has 0 aliphatic carbocycles. The molecule has 0 unspecified atom stereocenters. The number of hydrogen-bond acceptors (Lipinski definition) is 8. The molecule has 2 rings (SSSR count). The quantitative estimate of drug-likeness (QED) is 0.195. The minimum Gasteiger partial charge on any atom is -0.872 e. The molecule has 0 atom stereocenters. The third kappa shape index (κ3) is 8.22. The molecule has 0 bridgehead atoms. The standard InChI is InChI=1S/C15H10F6O8S2.4Na/c16-14(17,18)13(15(19,20)21,7-1-3-9(22)11(5-7)30(24,25)26)8-2-4-10(23)12(6-8)31(27,28)29;;;;/h1-6,22-23H,(H,24,25,26)(H,27,28,29);;;;/q;4*+1/p-4. The summed E-state index contributed by atoms with van der Waals surface area (Å²) in [5.41, 5.74) is -9.20. The van der Waals surface area contributed by atoms with Gasteiger partial charge in [0.05, 0.1) is 0 Å². The zero-order chi connectivity index (χ0) is 24.2. The second-order valence-electron chi connectivity index (χ2n) is 5.98. The molecule has 172 valence electrons. The van der Waals surface area contributed by atoms with Crippen LogP contribution in [0.4, 0.5) is 26.3 Å². The summed E-state index contributed by atoms with van der Waals surface area (Å²) < 4.78 is 151. The van der Waals surface area contributed by atoms with Gasteiger partial charge in [-0.05, 0) is 23.3 Å². The number of hydrogen-bond donors (Lipinski definition) is 0. The second kappa shape index (κ2) is 13.7. The molecule has 0 amide bonds. The average Bonchev–Trinajstić information content (AvgIpc) is 2.53. The van der Waals surface area contributed by atoms with Gasteiger partial charge in [-0.15, -0.1) is 0 Å². The maximum absolute atomic E-state index is 14.0. The Morgan fingerprint density at radius 1 is 0.571 bits per heavy atom. The van der Waals surface area contributed by atoms with Gasteiger partial charge >= 0.3 is 131 Å². The number of rotatable bonds is 4. The first-order chi connectivity index (χ1) is 13.7. The van der Waals surface area contributed by atoms with Crippen molar-refractivity contribution in [2.45, 2.75) is 27.6 Å². The fraction of sp³-hybridized carbons (Fsp3) is 0.200.